The van der Waals surface area contributed by atoms with Crippen molar-refractivity contribution < 1.29 is 9.13 Å². The Morgan fingerprint density at radius 1 is 1.47 bits per heavy atom. The fraction of sp³-hybridized carbons (Fsp3) is 0.308. The molecule has 0 fully saturated rings. The average molecular weight is 281 g/mol. The van der Waals surface area contributed by atoms with Gasteiger partial charge in [-0.3, -0.25) is 0 Å². The molecule has 2 rings (SSSR count). The molecule has 2 N–H and O–H groups in total. The Kier molecular flexibility index (Phi) is 3.90. The van der Waals surface area contributed by atoms with Gasteiger partial charge >= 0.3 is 0 Å². The maximum atomic E-state index is 13.5. The van der Waals surface area contributed by atoms with E-state index in [1.807, 2.05) is 24.4 Å². The summed E-state index contributed by atoms with van der Waals surface area (Å²) in [5.74, 6) is -0.261. The normalized spacial score (nSPS) is 10.5. The molecule has 0 atom stereocenters. The molecule has 0 radical (unpaired) electrons. The van der Waals surface area contributed by atoms with Gasteiger partial charge in [0.25, 0.3) is 0 Å². The Morgan fingerprint density at radius 2 is 2.21 bits per heavy atom. The molecular formula is C13H16FN3OS. The van der Waals surface area contributed by atoms with Crippen molar-refractivity contribution in [3.8, 4) is 5.75 Å². The van der Waals surface area contributed by atoms with Gasteiger partial charge in [-0.2, -0.15) is 0 Å². The topological polar surface area (TPSA) is 51.4 Å². The molecule has 102 valence electrons. The first-order chi connectivity index (χ1) is 9.02. The van der Waals surface area contributed by atoms with E-state index in [0.717, 1.165) is 16.3 Å². The lowest BCUT2D eigenvalue weighted by Gasteiger charge is -2.21. The summed E-state index contributed by atoms with van der Waals surface area (Å²) in [5, 5.41) is 0. The number of hydrogen-bond donors (Lipinski definition) is 1. The predicted molar refractivity (Wildman–Crippen MR) is 76.3 cm³/mol. The number of nitrogen functional groups attached to an aromatic ring is 1. The molecule has 0 aliphatic carbocycles. The Labute approximate surface area is 115 Å². The molecule has 0 aliphatic heterocycles. The van der Waals surface area contributed by atoms with Crippen LogP contribution in [0.25, 0.3) is 0 Å². The number of ether oxygens (including phenoxy) is 1. The standard InChI is InChI=1S/C13H16FN3OS/c1-8-13(19-7-16-8)6-17(2)11-5-12(18-3)9(14)4-10(11)15/h4-5,7H,6,15H2,1-3H3. The number of halogens is 1. The largest absolute Gasteiger partial charge is 0.494 e. The highest BCUT2D eigenvalue weighted by Gasteiger charge is 2.13. The van der Waals surface area contributed by atoms with Crippen LogP contribution in [0.2, 0.25) is 0 Å². The Balaban J connectivity index is 2.28. The highest BCUT2D eigenvalue weighted by atomic mass is 32.1. The van der Waals surface area contributed by atoms with Crippen LogP contribution in [-0.2, 0) is 6.54 Å². The number of anilines is 2. The first-order valence-electron chi connectivity index (χ1n) is 5.76. The highest BCUT2D eigenvalue weighted by Crippen LogP contribution is 2.31. The first kappa shape index (κ1) is 13.6. The Morgan fingerprint density at radius 3 is 2.79 bits per heavy atom. The minimum absolute atomic E-state index is 0.192. The van der Waals surface area contributed by atoms with Crippen molar-refractivity contribution in [2.24, 2.45) is 0 Å². The zero-order chi connectivity index (χ0) is 14.0. The maximum absolute atomic E-state index is 13.5. The van der Waals surface area contributed by atoms with Crippen LogP contribution >= 0.6 is 11.3 Å². The second-order valence-electron chi connectivity index (χ2n) is 4.26. The summed E-state index contributed by atoms with van der Waals surface area (Å²) in [6.07, 6.45) is 0. The van der Waals surface area contributed by atoms with E-state index in [1.165, 1.54) is 13.2 Å². The summed E-state index contributed by atoms with van der Waals surface area (Å²) in [6.45, 7) is 2.64. The molecule has 19 heavy (non-hydrogen) atoms. The number of thiazole rings is 1. The van der Waals surface area contributed by atoms with Gasteiger partial charge in [0.15, 0.2) is 11.6 Å². The molecule has 1 aromatic carbocycles. The van der Waals surface area contributed by atoms with Crippen molar-refractivity contribution in [2.45, 2.75) is 13.5 Å². The smallest absolute Gasteiger partial charge is 0.167 e. The van der Waals surface area contributed by atoms with Gasteiger partial charge in [0, 0.05) is 24.1 Å². The SMILES string of the molecule is COc1cc(N(C)Cc2scnc2C)c(N)cc1F. The number of nitrogens with two attached hydrogens (primary N) is 1. The van der Waals surface area contributed by atoms with E-state index in [0.29, 0.717) is 12.2 Å². The van der Waals surface area contributed by atoms with Crippen LogP contribution in [0.3, 0.4) is 0 Å². The predicted octanol–water partition coefficient (Wildman–Crippen LogP) is 2.82. The number of benzene rings is 1. The number of methoxy groups -OCH3 is 1. The summed E-state index contributed by atoms with van der Waals surface area (Å²) in [6, 6.07) is 2.89. The minimum Gasteiger partial charge on any atom is -0.494 e. The fourth-order valence-electron chi connectivity index (χ4n) is 1.82. The van der Waals surface area contributed by atoms with Crippen LogP contribution in [-0.4, -0.2) is 19.1 Å². The van der Waals surface area contributed by atoms with E-state index in [1.54, 1.807) is 17.4 Å². The van der Waals surface area contributed by atoms with E-state index in [9.17, 15) is 4.39 Å². The van der Waals surface area contributed by atoms with Gasteiger partial charge in [-0.05, 0) is 6.92 Å². The summed E-state index contributed by atoms with van der Waals surface area (Å²) < 4.78 is 18.5. The van der Waals surface area contributed by atoms with Gasteiger partial charge in [0.05, 0.1) is 36.2 Å². The molecule has 4 nitrogen and oxygen atoms in total. The van der Waals surface area contributed by atoms with Crippen molar-refractivity contribution in [3.63, 3.8) is 0 Å². The van der Waals surface area contributed by atoms with Crippen LogP contribution in [0.1, 0.15) is 10.6 Å². The molecular weight excluding hydrogens is 265 g/mol. The number of hydrogen-bond acceptors (Lipinski definition) is 5. The van der Waals surface area contributed by atoms with Crippen LogP contribution in [0.15, 0.2) is 17.6 Å². The van der Waals surface area contributed by atoms with E-state index < -0.39 is 5.82 Å². The lowest BCUT2D eigenvalue weighted by molar-refractivity contribution is 0.387. The van der Waals surface area contributed by atoms with Crippen molar-refractivity contribution in [3.05, 3.63) is 34.0 Å². The van der Waals surface area contributed by atoms with E-state index in [4.69, 9.17) is 10.5 Å². The van der Waals surface area contributed by atoms with Crippen LogP contribution < -0.4 is 15.4 Å². The van der Waals surface area contributed by atoms with Crippen molar-refractivity contribution in [1.82, 2.24) is 4.98 Å². The third kappa shape index (κ3) is 2.78. The van der Waals surface area contributed by atoms with Gasteiger partial charge in [0.1, 0.15) is 0 Å². The third-order valence-electron chi connectivity index (χ3n) is 2.94. The van der Waals surface area contributed by atoms with Crippen LogP contribution in [0.5, 0.6) is 5.75 Å². The third-order valence-corrected chi connectivity index (χ3v) is 3.86. The van der Waals surface area contributed by atoms with Crippen molar-refractivity contribution >= 4 is 22.7 Å². The van der Waals surface area contributed by atoms with Crippen LogP contribution in [0, 0.1) is 12.7 Å². The maximum Gasteiger partial charge on any atom is 0.167 e. The van der Waals surface area contributed by atoms with Crippen molar-refractivity contribution in [2.75, 3.05) is 24.8 Å². The monoisotopic (exact) mass is 281 g/mol. The molecule has 1 aromatic heterocycles. The molecule has 0 bridgehead atoms. The summed E-state index contributed by atoms with van der Waals surface area (Å²) in [7, 11) is 3.34. The molecule has 6 heteroatoms. The van der Waals surface area contributed by atoms with E-state index >= 15 is 0 Å². The molecule has 2 aromatic rings. The van der Waals surface area contributed by atoms with E-state index in [2.05, 4.69) is 4.98 Å². The molecule has 0 saturated carbocycles. The number of nitrogens with zero attached hydrogens (tertiary/aromatic N) is 2. The summed E-state index contributed by atoms with van der Waals surface area (Å²) in [4.78, 5) is 7.32. The molecule has 0 spiro atoms. The number of aromatic nitrogens is 1. The number of aryl methyl sites for hydroxylation is 1. The fourth-order valence-corrected chi connectivity index (χ4v) is 2.65. The zero-order valence-corrected chi connectivity index (χ0v) is 11.9. The quantitative estimate of drug-likeness (QED) is 0.876. The minimum atomic E-state index is -0.453. The zero-order valence-electron chi connectivity index (χ0n) is 11.1. The second-order valence-corrected chi connectivity index (χ2v) is 5.20. The molecule has 0 aliphatic rings. The average Bonchev–Trinajstić information content (AvgIpc) is 2.75. The second kappa shape index (κ2) is 5.44. The first-order valence-corrected chi connectivity index (χ1v) is 6.64. The molecule has 0 amide bonds. The Bertz CT molecular complexity index is 585. The Hall–Kier alpha value is -1.82. The van der Waals surface area contributed by atoms with Crippen molar-refractivity contribution in [1.29, 1.82) is 0 Å². The lowest BCUT2D eigenvalue weighted by atomic mass is 10.2. The van der Waals surface area contributed by atoms with Gasteiger partial charge in [-0.25, -0.2) is 9.37 Å². The molecule has 1 heterocycles. The summed E-state index contributed by atoms with van der Waals surface area (Å²) in [5.41, 5.74) is 9.81. The van der Waals surface area contributed by atoms with Gasteiger partial charge in [0.2, 0.25) is 0 Å². The van der Waals surface area contributed by atoms with Gasteiger partial charge in [-0.1, -0.05) is 0 Å². The van der Waals surface area contributed by atoms with Crippen LogP contribution in [0.4, 0.5) is 15.8 Å². The van der Waals surface area contributed by atoms with E-state index in [-0.39, 0.29) is 5.75 Å². The molecule has 0 unspecified atom stereocenters. The molecule has 0 saturated heterocycles. The lowest BCUT2D eigenvalue weighted by Crippen LogP contribution is -2.18. The number of rotatable bonds is 4. The highest BCUT2D eigenvalue weighted by molar-refractivity contribution is 7.09. The summed E-state index contributed by atoms with van der Waals surface area (Å²) >= 11 is 1.59. The van der Waals surface area contributed by atoms with Gasteiger partial charge < -0.3 is 15.4 Å². The van der Waals surface area contributed by atoms with Gasteiger partial charge in [-0.15, -0.1) is 11.3 Å².